The van der Waals surface area contributed by atoms with Gasteiger partial charge in [-0.3, -0.25) is 0 Å². The number of para-hydroxylation sites is 1. The zero-order valence-corrected chi connectivity index (χ0v) is 43.8. The van der Waals surface area contributed by atoms with Gasteiger partial charge in [-0.15, -0.1) is 0 Å². The number of anilines is 9. The average Bonchev–Trinajstić information content (AvgIpc) is 3.75. The van der Waals surface area contributed by atoms with E-state index in [0.29, 0.717) is 0 Å². The molecule has 356 valence electrons. The van der Waals surface area contributed by atoms with Crippen LogP contribution in [0.4, 0.5) is 51.2 Å². The number of hydrogen-bond donors (Lipinski definition) is 0. The Kier molecular flexibility index (Phi) is 8.80. The molecule has 9 aromatic rings. The molecule has 0 bridgehead atoms. The normalized spacial score (nSPS) is 16.5. The first-order chi connectivity index (χ1) is 35.0. The lowest BCUT2D eigenvalue weighted by molar-refractivity contribution is 0.596. The predicted molar refractivity (Wildman–Crippen MR) is 307 cm³/mol. The van der Waals surface area contributed by atoms with Crippen LogP contribution in [0.15, 0.2) is 183 Å². The summed E-state index contributed by atoms with van der Waals surface area (Å²) >= 11 is 0. The van der Waals surface area contributed by atoms with Gasteiger partial charge in [0.1, 0.15) is 0 Å². The third-order valence-electron chi connectivity index (χ3n) is 17.9. The van der Waals surface area contributed by atoms with Crippen molar-refractivity contribution in [1.82, 2.24) is 0 Å². The third kappa shape index (κ3) is 5.82. The van der Waals surface area contributed by atoms with Crippen LogP contribution in [0.5, 0.6) is 0 Å². The molecule has 0 saturated carbocycles. The van der Waals surface area contributed by atoms with Crippen molar-refractivity contribution in [3.05, 3.63) is 249 Å². The number of aryl methyl sites for hydroxylation is 2. The summed E-state index contributed by atoms with van der Waals surface area (Å²) in [6, 6.07) is 67.2. The maximum absolute atomic E-state index is 5.18. The van der Waals surface area contributed by atoms with Gasteiger partial charge in [-0.2, -0.15) is 0 Å². The Morgan fingerprint density at radius 1 is 0.301 bits per heavy atom. The molecule has 9 aromatic carbocycles. The quantitative estimate of drug-likeness (QED) is 0.164. The standard InChI is InChI=1S/C70H61N3/c1-41-19-16-21-44(33-41)71(46-30-32-58-55(35-46)51-24-13-15-26-57(51)67(58,4)5)48-36-53-43(3)54-37-49(40-63-65(54)73-64(53)62(39-48)69(8,9)59-27-18-28-60(66(59)73)70(63,10)11)72(45-22-17-20-42(2)34-45)47-29-31-52-50-23-12-14-25-56(50)68(6,7)61(52)38-47/h12-40H,3H2,1-2,4-11H3. The summed E-state index contributed by atoms with van der Waals surface area (Å²) in [5.41, 5.74) is 31.7. The molecule has 0 aromatic heterocycles. The summed E-state index contributed by atoms with van der Waals surface area (Å²) in [6.45, 7) is 28.8. The molecule has 73 heavy (non-hydrogen) atoms. The average molecular weight is 944 g/mol. The van der Waals surface area contributed by atoms with E-state index in [0.717, 1.165) is 39.7 Å². The fraction of sp³-hybridized carbons (Fsp3) is 0.200. The van der Waals surface area contributed by atoms with Crippen molar-refractivity contribution in [3.8, 4) is 22.3 Å². The Hall–Kier alpha value is -7.88. The molecule has 0 atom stereocenters. The van der Waals surface area contributed by atoms with E-state index in [1.54, 1.807) is 0 Å². The zero-order chi connectivity index (χ0) is 50.2. The summed E-state index contributed by atoms with van der Waals surface area (Å²) in [4.78, 5) is 7.65. The Morgan fingerprint density at radius 2 is 0.685 bits per heavy atom. The second kappa shape index (κ2) is 14.6. The lowest BCUT2D eigenvalue weighted by atomic mass is 9.63. The molecule has 3 aliphatic heterocycles. The van der Waals surface area contributed by atoms with E-state index in [4.69, 9.17) is 6.58 Å². The van der Waals surface area contributed by atoms with Crippen LogP contribution in [0.2, 0.25) is 0 Å². The van der Waals surface area contributed by atoms with E-state index in [-0.39, 0.29) is 21.7 Å². The topological polar surface area (TPSA) is 9.72 Å². The second-order valence-corrected chi connectivity index (χ2v) is 23.7. The van der Waals surface area contributed by atoms with Crippen LogP contribution in [0.1, 0.15) is 122 Å². The lowest BCUT2D eigenvalue weighted by Gasteiger charge is -2.53. The van der Waals surface area contributed by atoms with Crippen LogP contribution in [-0.4, -0.2) is 0 Å². The maximum atomic E-state index is 5.18. The molecule has 0 amide bonds. The second-order valence-electron chi connectivity index (χ2n) is 23.7. The molecular weight excluding hydrogens is 883 g/mol. The van der Waals surface area contributed by atoms with E-state index in [9.17, 15) is 0 Å². The highest BCUT2D eigenvalue weighted by Gasteiger charge is 2.50. The first-order valence-corrected chi connectivity index (χ1v) is 26.2. The van der Waals surface area contributed by atoms with Gasteiger partial charge in [0, 0.05) is 66.9 Å². The largest absolute Gasteiger partial charge is 0.310 e. The molecule has 0 fully saturated rings. The van der Waals surface area contributed by atoms with Crippen molar-refractivity contribution < 1.29 is 0 Å². The van der Waals surface area contributed by atoms with Crippen molar-refractivity contribution in [3.63, 3.8) is 0 Å². The van der Waals surface area contributed by atoms with Gasteiger partial charge in [-0.25, -0.2) is 0 Å². The van der Waals surface area contributed by atoms with Gasteiger partial charge >= 0.3 is 0 Å². The molecule has 3 heteroatoms. The zero-order valence-electron chi connectivity index (χ0n) is 43.8. The van der Waals surface area contributed by atoms with Gasteiger partial charge in [-0.05, 0) is 170 Å². The molecule has 3 nitrogen and oxygen atoms in total. The Labute approximate surface area is 431 Å². The molecule has 14 rings (SSSR count). The molecule has 0 unspecified atom stereocenters. The highest BCUT2D eigenvalue weighted by atomic mass is 15.2. The molecule has 5 aliphatic rings. The van der Waals surface area contributed by atoms with Crippen LogP contribution in [0.3, 0.4) is 0 Å². The van der Waals surface area contributed by atoms with E-state index in [1.165, 1.54) is 106 Å². The minimum atomic E-state index is -0.324. The van der Waals surface area contributed by atoms with Crippen molar-refractivity contribution >= 4 is 56.8 Å². The molecule has 3 heterocycles. The molecule has 0 spiro atoms. The summed E-state index contributed by atoms with van der Waals surface area (Å²) in [5, 5.41) is 0. The van der Waals surface area contributed by atoms with Gasteiger partial charge < -0.3 is 14.7 Å². The number of rotatable bonds is 6. The SMILES string of the molecule is C=C1c2cc(N(c3cccc(C)c3)c3ccc4c(c3)-c3ccccc3C4(C)C)cc3c2N2c4c1cc(N(c1cccc(C)c1)c1ccc5c(c1)C(C)(C)c1ccccc1-5)cc4C(C)(C)c1cccc(c12)C3(C)C. The maximum Gasteiger partial charge on any atom is 0.0583 e. The van der Waals surface area contributed by atoms with Crippen LogP contribution in [-0.2, 0) is 21.7 Å². The molecule has 0 saturated heterocycles. The molecular formula is C70H61N3. The fourth-order valence-electron chi connectivity index (χ4n) is 14.1. The highest BCUT2D eigenvalue weighted by Crippen LogP contribution is 2.66. The first-order valence-electron chi connectivity index (χ1n) is 26.2. The highest BCUT2D eigenvalue weighted by molar-refractivity contribution is 6.09. The molecule has 0 radical (unpaired) electrons. The van der Waals surface area contributed by atoms with Crippen LogP contribution < -0.4 is 14.7 Å². The lowest BCUT2D eigenvalue weighted by Crippen LogP contribution is -2.40. The number of fused-ring (bicyclic) bond motifs is 6. The van der Waals surface area contributed by atoms with Crippen LogP contribution >= 0.6 is 0 Å². The Morgan fingerprint density at radius 3 is 1.23 bits per heavy atom. The minimum Gasteiger partial charge on any atom is -0.310 e. The monoisotopic (exact) mass is 943 g/mol. The van der Waals surface area contributed by atoms with Gasteiger partial charge in [-0.1, -0.05) is 165 Å². The van der Waals surface area contributed by atoms with Crippen LogP contribution in [0.25, 0.3) is 27.8 Å². The van der Waals surface area contributed by atoms with Crippen molar-refractivity contribution in [1.29, 1.82) is 0 Å². The molecule has 2 aliphatic carbocycles. The summed E-state index contributed by atoms with van der Waals surface area (Å²) in [5.74, 6) is 0. The fourth-order valence-corrected chi connectivity index (χ4v) is 14.1. The van der Waals surface area contributed by atoms with E-state index < -0.39 is 0 Å². The van der Waals surface area contributed by atoms with E-state index in [1.807, 2.05) is 0 Å². The summed E-state index contributed by atoms with van der Waals surface area (Å²) in [6.07, 6.45) is 0. The number of benzene rings is 9. The van der Waals surface area contributed by atoms with E-state index >= 15 is 0 Å². The van der Waals surface area contributed by atoms with Gasteiger partial charge in [0.05, 0.1) is 17.1 Å². The van der Waals surface area contributed by atoms with Crippen molar-refractivity contribution in [2.45, 2.75) is 90.9 Å². The third-order valence-corrected chi connectivity index (χ3v) is 17.9. The minimum absolute atomic E-state index is 0.0887. The smallest absolute Gasteiger partial charge is 0.0583 e. The van der Waals surface area contributed by atoms with E-state index in [2.05, 4.69) is 260 Å². The number of nitrogens with zero attached hydrogens (tertiary/aromatic N) is 3. The van der Waals surface area contributed by atoms with Crippen LogP contribution in [0, 0.1) is 13.8 Å². The van der Waals surface area contributed by atoms with Gasteiger partial charge in [0.15, 0.2) is 0 Å². The Balaban J connectivity index is 1.01. The van der Waals surface area contributed by atoms with Gasteiger partial charge in [0.2, 0.25) is 0 Å². The van der Waals surface area contributed by atoms with Crippen molar-refractivity contribution in [2.24, 2.45) is 0 Å². The number of hydrogen-bond acceptors (Lipinski definition) is 3. The van der Waals surface area contributed by atoms with Gasteiger partial charge in [0.25, 0.3) is 0 Å². The summed E-state index contributed by atoms with van der Waals surface area (Å²) in [7, 11) is 0. The summed E-state index contributed by atoms with van der Waals surface area (Å²) < 4.78 is 0. The molecule has 0 N–H and O–H groups in total. The predicted octanol–water partition coefficient (Wildman–Crippen LogP) is 19.0. The first kappa shape index (κ1) is 43.9. The van der Waals surface area contributed by atoms with Crippen molar-refractivity contribution in [2.75, 3.05) is 14.7 Å². The Bertz CT molecular complexity index is 3930.